The molecule has 0 aliphatic carbocycles. The number of amides is 1. The first kappa shape index (κ1) is 19.9. The lowest BCUT2D eigenvalue weighted by molar-refractivity contribution is 0.0950. The number of hydrazone groups is 1. The Kier molecular flexibility index (Phi) is 6.04. The Morgan fingerprint density at radius 3 is 2.71 bits per heavy atom. The topological polar surface area (TPSA) is 99.6 Å². The first-order chi connectivity index (χ1) is 15.2. The summed E-state index contributed by atoms with van der Waals surface area (Å²) < 4.78 is 5.86. The number of carbonyl (C=O) groups excluding carboxylic acids is 1. The molecule has 1 amide bonds. The van der Waals surface area contributed by atoms with Crippen LogP contribution in [0.4, 0.5) is 0 Å². The van der Waals surface area contributed by atoms with Crippen molar-refractivity contribution in [2.24, 2.45) is 5.10 Å². The number of aromatic nitrogens is 2. The first-order valence-corrected chi connectivity index (χ1v) is 9.62. The van der Waals surface area contributed by atoms with Crippen LogP contribution in [0.1, 0.15) is 21.6 Å². The van der Waals surface area contributed by atoms with Gasteiger partial charge in [-0.1, -0.05) is 54.6 Å². The third kappa shape index (κ3) is 5.36. The average Bonchev–Trinajstić information content (AvgIpc) is 3.29. The minimum absolute atomic E-state index is 0.128. The van der Waals surface area contributed by atoms with E-state index in [1.807, 2.05) is 54.6 Å². The quantitative estimate of drug-likeness (QED) is 0.314. The number of ether oxygens (including phenoxy) is 1. The second-order valence-corrected chi connectivity index (χ2v) is 6.76. The molecular weight excluding hydrogens is 392 g/mol. The maximum atomic E-state index is 12.3. The van der Waals surface area contributed by atoms with Gasteiger partial charge in [0, 0.05) is 5.56 Å². The molecule has 0 saturated carbocycles. The first-order valence-electron chi connectivity index (χ1n) is 9.62. The van der Waals surface area contributed by atoms with Gasteiger partial charge in [-0.3, -0.25) is 9.89 Å². The number of aromatic amines is 1. The van der Waals surface area contributed by atoms with E-state index >= 15 is 0 Å². The summed E-state index contributed by atoms with van der Waals surface area (Å²) in [6.07, 6.45) is 1.45. The molecule has 0 saturated heterocycles. The van der Waals surface area contributed by atoms with E-state index in [0.717, 1.165) is 11.1 Å². The van der Waals surface area contributed by atoms with Crippen molar-refractivity contribution < 1.29 is 14.6 Å². The number of phenolic OH excluding ortho intramolecular Hbond substituents is 1. The summed E-state index contributed by atoms with van der Waals surface area (Å²) in [6.45, 7) is 0.468. The van der Waals surface area contributed by atoms with E-state index in [9.17, 15) is 9.90 Å². The van der Waals surface area contributed by atoms with Gasteiger partial charge in [-0.05, 0) is 41.5 Å². The second kappa shape index (κ2) is 9.41. The predicted octanol–water partition coefficient (Wildman–Crippen LogP) is 4.13. The molecule has 7 nitrogen and oxygen atoms in total. The highest BCUT2D eigenvalue weighted by Crippen LogP contribution is 2.23. The summed E-state index contributed by atoms with van der Waals surface area (Å²) in [6, 6.07) is 25.6. The maximum Gasteiger partial charge on any atom is 0.289 e. The van der Waals surface area contributed by atoms with Gasteiger partial charge in [0.2, 0.25) is 0 Å². The van der Waals surface area contributed by atoms with Crippen LogP contribution in [0.15, 0.2) is 90.0 Å². The van der Waals surface area contributed by atoms with E-state index in [2.05, 4.69) is 20.7 Å². The number of rotatable bonds is 7. The third-order valence-electron chi connectivity index (χ3n) is 4.45. The van der Waals surface area contributed by atoms with Gasteiger partial charge in [-0.15, -0.1) is 0 Å². The number of hydrogen-bond donors (Lipinski definition) is 3. The van der Waals surface area contributed by atoms with Crippen molar-refractivity contribution in [1.29, 1.82) is 0 Å². The standard InChI is InChI=1S/C24H20N4O3/c29-20-10-4-8-18(12-20)15-25-28-24(30)23-14-22(26-27-23)19-9-5-11-21(13-19)31-16-17-6-2-1-3-7-17/h1-15,29H,16H2,(H,26,27)(H,28,30)/b25-15+. The molecule has 31 heavy (non-hydrogen) atoms. The van der Waals surface area contributed by atoms with Crippen LogP contribution < -0.4 is 10.2 Å². The molecule has 0 aliphatic heterocycles. The lowest BCUT2D eigenvalue weighted by atomic mass is 10.1. The molecule has 154 valence electrons. The van der Waals surface area contributed by atoms with Gasteiger partial charge < -0.3 is 9.84 Å². The predicted molar refractivity (Wildman–Crippen MR) is 118 cm³/mol. The largest absolute Gasteiger partial charge is 0.508 e. The summed E-state index contributed by atoms with van der Waals surface area (Å²) in [5.74, 6) is 0.418. The van der Waals surface area contributed by atoms with Gasteiger partial charge >= 0.3 is 0 Å². The van der Waals surface area contributed by atoms with E-state index < -0.39 is 5.91 Å². The Morgan fingerprint density at radius 1 is 1.03 bits per heavy atom. The van der Waals surface area contributed by atoms with Crippen LogP contribution in [-0.4, -0.2) is 27.4 Å². The molecule has 1 heterocycles. The molecule has 4 rings (SSSR count). The van der Waals surface area contributed by atoms with Gasteiger partial charge in [0.05, 0.1) is 11.9 Å². The normalized spacial score (nSPS) is 10.8. The van der Waals surface area contributed by atoms with Crippen molar-refractivity contribution in [3.05, 3.63) is 102 Å². The number of phenols is 1. The zero-order chi connectivity index (χ0) is 21.5. The fourth-order valence-electron chi connectivity index (χ4n) is 2.90. The van der Waals surface area contributed by atoms with E-state index in [-0.39, 0.29) is 11.4 Å². The zero-order valence-corrected chi connectivity index (χ0v) is 16.5. The van der Waals surface area contributed by atoms with E-state index in [1.54, 1.807) is 24.3 Å². The summed E-state index contributed by atoms with van der Waals surface area (Å²) in [7, 11) is 0. The maximum absolute atomic E-state index is 12.3. The van der Waals surface area contributed by atoms with E-state index in [4.69, 9.17) is 4.74 Å². The van der Waals surface area contributed by atoms with Crippen LogP contribution in [0.25, 0.3) is 11.3 Å². The van der Waals surface area contributed by atoms with Crippen molar-refractivity contribution in [3.8, 4) is 22.8 Å². The van der Waals surface area contributed by atoms with E-state index in [0.29, 0.717) is 23.6 Å². The molecule has 0 bridgehead atoms. The lowest BCUT2D eigenvalue weighted by Gasteiger charge is -2.07. The molecule has 4 aromatic rings. The zero-order valence-electron chi connectivity index (χ0n) is 16.5. The molecular formula is C24H20N4O3. The summed E-state index contributed by atoms with van der Waals surface area (Å²) >= 11 is 0. The SMILES string of the molecule is O=C(N/N=C/c1cccc(O)c1)c1cc(-c2cccc(OCc3ccccc3)c2)n[nH]1. The highest BCUT2D eigenvalue weighted by Gasteiger charge is 2.11. The molecule has 0 fully saturated rings. The Labute approximate surface area is 179 Å². The average molecular weight is 412 g/mol. The van der Waals surface area contributed by atoms with Gasteiger partial charge in [0.15, 0.2) is 0 Å². The molecule has 1 aromatic heterocycles. The Morgan fingerprint density at radius 2 is 1.87 bits per heavy atom. The third-order valence-corrected chi connectivity index (χ3v) is 4.45. The minimum Gasteiger partial charge on any atom is -0.508 e. The molecule has 3 N–H and O–H groups in total. The van der Waals surface area contributed by atoms with Gasteiger partial charge in [-0.2, -0.15) is 10.2 Å². The van der Waals surface area contributed by atoms with Crippen LogP contribution in [-0.2, 0) is 6.61 Å². The van der Waals surface area contributed by atoms with Gasteiger partial charge in [-0.25, -0.2) is 5.43 Å². The monoisotopic (exact) mass is 412 g/mol. The summed E-state index contributed by atoms with van der Waals surface area (Å²) in [5, 5.41) is 20.3. The number of benzene rings is 3. The minimum atomic E-state index is -0.424. The Bertz CT molecular complexity index is 1200. The van der Waals surface area contributed by atoms with Gasteiger partial charge in [0.25, 0.3) is 5.91 Å². The fourth-order valence-corrected chi connectivity index (χ4v) is 2.90. The Hall–Kier alpha value is -4.39. The lowest BCUT2D eigenvalue weighted by Crippen LogP contribution is -2.17. The van der Waals surface area contributed by atoms with Crippen LogP contribution in [0.2, 0.25) is 0 Å². The van der Waals surface area contributed by atoms with Crippen LogP contribution in [0.3, 0.4) is 0 Å². The summed E-state index contributed by atoms with van der Waals surface area (Å²) in [4.78, 5) is 12.3. The van der Waals surface area contributed by atoms with Crippen molar-refractivity contribution >= 4 is 12.1 Å². The number of H-pyrrole nitrogens is 1. The molecule has 0 radical (unpaired) electrons. The molecule has 0 aliphatic rings. The Balaban J connectivity index is 1.39. The fraction of sp³-hybridized carbons (Fsp3) is 0.0417. The second-order valence-electron chi connectivity index (χ2n) is 6.76. The number of aromatic hydroxyl groups is 1. The van der Waals surface area contributed by atoms with Crippen molar-refractivity contribution in [2.45, 2.75) is 6.61 Å². The van der Waals surface area contributed by atoms with Gasteiger partial charge in [0.1, 0.15) is 23.8 Å². The molecule has 0 spiro atoms. The van der Waals surface area contributed by atoms with Crippen LogP contribution in [0, 0.1) is 0 Å². The number of carbonyl (C=O) groups is 1. The molecule has 7 heteroatoms. The number of hydrogen-bond acceptors (Lipinski definition) is 5. The van der Waals surface area contributed by atoms with Crippen LogP contribution >= 0.6 is 0 Å². The molecule has 3 aromatic carbocycles. The number of nitrogens with zero attached hydrogens (tertiary/aromatic N) is 2. The summed E-state index contributed by atoms with van der Waals surface area (Å²) in [5.41, 5.74) is 5.90. The number of nitrogens with one attached hydrogen (secondary N) is 2. The van der Waals surface area contributed by atoms with Crippen molar-refractivity contribution in [3.63, 3.8) is 0 Å². The van der Waals surface area contributed by atoms with E-state index in [1.165, 1.54) is 12.3 Å². The highest BCUT2D eigenvalue weighted by molar-refractivity contribution is 5.94. The molecule has 0 unspecified atom stereocenters. The highest BCUT2D eigenvalue weighted by atomic mass is 16.5. The van der Waals surface area contributed by atoms with Crippen molar-refractivity contribution in [1.82, 2.24) is 15.6 Å². The smallest absolute Gasteiger partial charge is 0.289 e. The molecule has 0 atom stereocenters. The van der Waals surface area contributed by atoms with Crippen molar-refractivity contribution in [2.75, 3.05) is 0 Å². The van der Waals surface area contributed by atoms with Crippen LogP contribution in [0.5, 0.6) is 11.5 Å².